The molecular weight excluding hydrogens is 220 g/mol. The molecule has 2 amide bonds. The Morgan fingerprint density at radius 2 is 1.76 bits per heavy atom. The summed E-state index contributed by atoms with van der Waals surface area (Å²) in [5, 5.41) is 8.76. The van der Waals surface area contributed by atoms with Crippen molar-refractivity contribution < 1.29 is 14.7 Å². The normalized spacial score (nSPS) is 12.0. The maximum atomic E-state index is 12.2. The van der Waals surface area contributed by atoms with Gasteiger partial charge in [0.05, 0.1) is 6.42 Å². The lowest BCUT2D eigenvalue weighted by Crippen LogP contribution is -2.48. The van der Waals surface area contributed by atoms with E-state index in [-0.39, 0.29) is 18.5 Å². The minimum atomic E-state index is -0.873. The molecule has 0 saturated heterocycles. The lowest BCUT2D eigenvalue weighted by Gasteiger charge is -2.32. The van der Waals surface area contributed by atoms with Gasteiger partial charge in [-0.3, -0.25) is 4.79 Å². The molecule has 0 aromatic rings. The molecule has 0 aromatic heterocycles. The van der Waals surface area contributed by atoms with E-state index in [1.165, 1.54) is 0 Å². The summed E-state index contributed by atoms with van der Waals surface area (Å²) in [5.41, 5.74) is 0. The van der Waals surface area contributed by atoms with Crippen LogP contribution in [0.4, 0.5) is 4.79 Å². The minimum Gasteiger partial charge on any atom is -0.481 e. The summed E-state index contributed by atoms with van der Waals surface area (Å²) in [6, 6.07) is -0.332. The molecular formula is C12H24N2O3. The van der Waals surface area contributed by atoms with Gasteiger partial charge < -0.3 is 14.9 Å². The van der Waals surface area contributed by atoms with Gasteiger partial charge in [-0.15, -0.1) is 0 Å². The van der Waals surface area contributed by atoms with E-state index < -0.39 is 5.97 Å². The summed E-state index contributed by atoms with van der Waals surface area (Å²) in [5.74, 6) is -0.873. The van der Waals surface area contributed by atoms with Crippen LogP contribution in [0.3, 0.4) is 0 Å². The van der Waals surface area contributed by atoms with Gasteiger partial charge in [0.2, 0.25) is 0 Å². The van der Waals surface area contributed by atoms with Gasteiger partial charge in [-0.05, 0) is 27.2 Å². The number of amides is 2. The fourth-order valence-electron chi connectivity index (χ4n) is 1.84. The van der Waals surface area contributed by atoms with Crippen LogP contribution in [0.2, 0.25) is 0 Å². The minimum absolute atomic E-state index is 0.0107. The molecule has 1 unspecified atom stereocenters. The van der Waals surface area contributed by atoms with E-state index in [2.05, 4.69) is 0 Å². The number of carboxylic acids is 1. The van der Waals surface area contributed by atoms with Crippen LogP contribution in [-0.4, -0.2) is 52.6 Å². The lowest BCUT2D eigenvalue weighted by molar-refractivity contribution is -0.138. The second kappa shape index (κ2) is 7.92. The van der Waals surface area contributed by atoms with Gasteiger partial charge in [-0.25, -0.2) is 4.79 Å². The SMILES string of the molecule is CCCN(CC)C(=O)N(CC)C(C)CC(=O)O. The van der Waals surface area contributed by atoms with Crippen molar-refractivity contribution in [1.82, 2.24) is 9.80 Å². The average molecular weight is 244 g/mol. The van der Waals surface area contributed by atoms with Crippen molar-refractivity contribution in [2.45, 2.75) is 46.6 Å². The van der Waals surface area contributed by atoms with Gasteiger partial charge in [-0.2, -0.15) is 0 Å². The lowest BCUT2D eigenvalue weighted by atomic mass is 10.2. The largest absolute Gasteiger partial charge is 0.481 e. The number of hydrogen-bond donors (Lipinski definition) is 1. The molecule has 0 aliphatic carbocycles. The molecule has 5 heteroatoms. The number of carboxylic acid groups (broad SMARTS) is 1. The van der Waals surface area contributed by atoms with E-state index >= 15 is 0 Å². The number of rotatable bonds is 7. The van der Waals surface area contributed by atoms with Gasteiger partial charge in [0, 0.05) is 25.7 Å². The number of nitrogens with zero attached hydrogens (tertiary/aromatic N) is 2. The highest BCUT2D eigenvalue weighted by Crippen LogP contribution is 2.08. The maximum Gasteiger partial charge on any atom is 0.320 e. The third-order valence-electron chi connectivity index (χ3n) is 2.73. The number of urea groups is 1. The number of carbonyl (C=O) groups is 2. The summed E-state index contributed by atoms with van der Waals surface area (Å²) in [6.45, 7) is 9.50. The first-order valence-electron chi connectivity index (χ1n) is 6.25. The molecule has 0 aliphatic heterocycles. The van der Waals surface area contributed by atoms with E-state index in [9.17, 15) is 9.59 Å². The van der Waals surface area contributed by atoms with Crippen LogP contribution in [-0.2, 0) is 4.79 Å². The van der Waals surface area contributed by atoms with Crippen LogP contribution in [0.1, 0.15) is 40.5 Å². The van der Waals surface area contributed by atoms with Crippen molar-refractivity contribution in [3.8, 4) is 0 Å². The summed E-state index contributed by atoms with van der Waals surface area (Å²) in [7, 11) is 0. The topological polar surface area (TPSA) is 60.9 Å². The molecule has 0 aromatic carbocycles. The molecule has 1 atom stereocenters. The molecule has 5 nitrogen and oxygen atoms in total. The molecule has 1 N–H and O–H groups in total. The van der Waals surface area contributed by atoms with Crippen LogP contribution < -0.4 is 0 Å². The molecule has 0 saturated carbocycles. The molecule has 0 spiro atoms. The van der Waals surface area contributed by atoms with Gasteiger partial charge in [-0.1, -0.05) is 6.92 Å². The smallest absolute Gasteiger partial charge is 0.320 e. The molecule has 17 heavy (non-hydrogen) atoms. The first-order valence-corrected chi connectivity index (χ1v) is 6.25. The Bertz CT molecular complexity index is 256. The van der Waals surface area contributed by atoms with Crippen molar-refractivity contribution in [1.29, 1.82) is 0 Å². The van der Waals surface area contributed by atoms with Crippen molar-refractivity contribution in [3.05, 3.63) is 0 Å². The monoisotopic (exact) mass is 244 g/mol. The summed E-state index contributed by atoms with van der Waals surface area (Å²) in [4.78, 5) is 26.2. The van der Waals surface area contributed by atoms with Crippen molar-refractivity contribution >= 4 is 12.0 Å². The van der Waals surface area contributed by atoms with E-state index in [0.29, 0.717) is 19.6 Å². The predicted octanol–water partition coefficient (Wildman–Crippen LogP) is 2.02. The molecule has 100 valence electrons. The Labute approximate surface area is 103 Å². The fourth-order valence-corrected chi connectivity index (χ4v) is 1.84. The van der Waals surface area contributed by atoms with E-state index in [1.54, 1.807) is 16.7 Å². The van der Waals surface area contributed by atoms with Crippen LogP contribution in [0.25, 0.3) is 0 Å². The Morgan fingerprint density at radius 1 is 1.18 bits per heavy atom. The zero-order chi connectivity index (χ0) is 13.4. The molecule has 0 bridgehead atoms. The summed E-state index contributed by atoms with van der Waals surface area (Å²) in [6.07, 6.45) is 0.897. The van der Waals surface area contributed by atoms with Crippen LogP contribution in [0.5, 0.6) is 0 Å². The van der Waals surface area contributed by atoms with Gasteiger partial charge >= 0.3 is 12.0 Å². The van der Waals surface area contributed by atoms with Crippen molar-refractivity contribution in [3.63, 3.8) is 0 Å². The van der Waals surface area contributed by atoms with Crippen molar-refractivity contribution in [2.24, 2.45) is 0 Å². The summed E-state index contributed by atoms with van der Waals surface area (Å²) >= 11 is 0. The van der Waals surface area contributed by atoms with Crippen LogP contribution in [0.15, 0.2) is 0 Å². The van der Waals surface area contributed by atoms with Gasteiger partial charge in [0.25, 0.3) is 0 Å². The average Bonchev–Trinajstić information content (AvgIpc) is 2.25. The van der Waals surface area contributed by atoms with Crippen molar-refractivity contribution in [2.75, 3.05) is 19.6 Å². The first kappa shape index (κ1) is 15.7. The fraction of sp³-hybridized carbons (Fsp3) is 0.833. The third-order valence-corrected chi connectivity index (χ3v) is 2.73. The van der Waals surface area contributed by atoms with Crippen LogP contribution >= 0.6 is 0 Å². The predicted molar refractivity (Wildman–Crippen MR) is 67.0 cm³/mol. The molecule has 0 aliphatic rings. The first-order chi connectivity index (χ1) is 7.97. The highest BCUT2D eigenvalue weighted by Gasteiger charge is 2.24. The Morgan fingerprint density at radius 3 is 2.12 bits per heavy atom. The highest BCUT2D eigenvalue weighted by atomic mass is 16.4. The maximum absolute atomic E-state index is 12.2. The van der Waals surface area contributed by atoms with Gasteiger partial charge in [0.15, 0.2) is 0 Å². The van der Waals surface area contributed by atoms with E-state index in [1.807, 2.05) is 20.8 Å². The second-order valence-electron chi connectivity index (χ2n) is 4.10. The zero-order valence-electron chi connectivity index (χ0n) is 11.3. The quantitative estimate of drug-likeness (QED) is 0.745. The molecule has 0 radical (unpaired) electrons. The molecule has 0 fully saturated rings. The summed E-state index contributed by atoms with van der Waals surface area (Å²) < 4.78 is 0. The van der Waals surface area contributed by atoms with E-state index in [0.717, 1.165) is 6.42 Å². The highest BCUT2D eigenvalue weighted by molar-refractivity contribution is 5.76. The Kier molecular flexibility index (Phi) is 7.34. The van der Waals surface area contributed by atoms with E-state index in [4.69, 9.17) is 5.11 Å². The standard InChI is InChI=1S/C12H24N2O3/c1-5-8-13(6-2)12(17)14(7-3)10(4)9-11(15)16/h10H,5-9H2,1-4H3,(H,15,16). The van der Waals surface area contributed by atoms with Crippen LogP contribution in [0, 0.1) is 0 Å². The number of hydrogen-bond acceptors (Lipinski definition) is 2. The number of carbonyl (C=O) groups excluding carboxylic acids is 1. The third kappa shape index (κ3) is 5.06. The molecule has 0 heterocycles. The molecule has 0 rings (SSSR count). The second-order valence-corrected chi connectivity index (χ2v) is 4.10. The van der Waals surface area contributed by atoms with Gasteiger partial charge in [0.1, 0.15) is 0 Å². The Balaban J connectivity index is 4.61. The zero-order valence-corrected chi connectivity index (χ0v) is 11.3. The Hall–Kier alpha value is -1.26. The number of aliphatic carboxylic acids is 1.